The Morgan fingerprint density at radius 2 is 2.24 bits per heavy atom. The number of hydrogen-bond donors (Lipinski definition) is 0. The number of methoxy groups -OCH3 is 1. The molecule has 1 aliphatic rings. The van der Waals surface area contributed by atoms with E-state index in [0.29, 0.717) is 0 Å². The van der Waals surface area contributed by atoms with Crippen LogP contribution in [0.25, 0.3) is 0 Å². The van der Waals surface area contributed by atoms with Crippen molar-refractivity contribution >= 4 is 5.97 Å². The van der Waals surface area contributed by atoms with Gasteiger partial charge in [0.25, 0.3) is 0 Å². The van der Waals surface area contributed by atoms with Gasteiger partial charge in [0.05, 0.1) is 13.0 Å². The van der Waals surface area contributed by atoms with Crippen molar-refractivity contribution in [3.05, 3.63) is 0 Å². The van der Waals surface area contributed by atoms with Gasteiger partial charge in [-0.15, -0.1) is 0 Å². The quantitative estimate of drug-likeness (QED) is 0.642. The number of carbonyl (C=O) groups is 1. The largest absolute Gasteiger partial charge is 0.469 e. The molecule has 0 aromatic rings. The Bertz CT molecular complexity index is 230. The van der Waals surface area contributed by atoms with Gasteiger partial charge < -0.3 is 9.64 Å². The second-order valence-corrected chi connectivity index (χ2v) is 5.18. The van der Waals surface area contributed by atoms with E-state index in [4.69, 9.17) is 4.74 Å². The van der Waals surface area contributed by atoms with E-state index in [1.807, 2.05) is 0 Å². The van der Waals surface area contributed by atoms with E-state index in [2.05, 4.69) is 18.7 Å². The molecule has 0 spiro atoms. The van der Waals surface area contributed by atoms with Crippen molar-refractivity contribution in [1.29, 1.82) is 0 Å². The highest BCUT2D eigenvalue weighted by Crippen LogP contribution is 2.21. The number of nitrogens with zero attached hydrogens (tertiary/aromatic N) is 1. The number of esters is 1. The van der Waals surface area contributed by atoms with Crippen LogP contribution in [0.4, 0.5) is 0 Å². The molecule has 0 saturated carbocycles. The van der Waals surface area contributed by atoms with Gasteiger partial charge in [0.2, 0.25) is 0 Å². The first-order chi connectivity index (χ1) is 8.21. The predicted molar refractivity (Wildman–Crippen MR) is 69.9 cm³/mol. The van der Waals surface area contributed by atoms with Gasteiger partial charge in [-0.05, 0) is 25.3 Å². The summed E-state index contributed by atoms with van der Waals surface area (Å²) in [7, 11) is 1.49. The normalized spacial score (nSPS) is 22.6. The van der Waals surface area contributed by atoms with Gasteiger partial charge in [-0.3, -0.25) is 4.79 Å². The van der Waals surface area contributed by atoms with Crippen molar-refractivity contribution in [3.8, 4) is 0 Å². The topological polar surface area (TPSA) is 29.5 Å². The van der Waals surface area contributed by atoms with E-state index >= 15 is 0 Å². The first-order valence-electron chi connectivity index (χ1n) is 7.01. The van der Waals surface area contributed by atoms with Crippen LogP contribution in [0.1, 0.15) is 46.0 Å². The Morgan fingerprint density at radius 3 is 2.82 bits per heavy atom. The van der Waals surface area contributed by atoms with Crippen LogP contribution in [-0.2, 0) is 9.53 Å². The summed E-state index contributed by atoms with van der Waals surface area (Å²) in [6, 6.07) is 0. The molecule has 1 aliphatic heterocycles. The van der Waals surface area contributed by atoms with Gasteiger partial charge in [0.1, 0.15) is 0 Å². The maximum Gasteiger partial charge on any atom is 0.310 e. The molecule has 0 aromatic heterocycles. The van der Waals surface area contributed by atoms with Gasteiger partial charge in [-0.25, -0.2) is 0 Å². The molecule has 0 bridgehead atoms. The highest BCUT2D eigenvalue weighted by atomic mass is 16.5. The summed E-state index contributed by atoms with van der Waals surface area (Å²) in [6.45, 7) is 7.63. The number of carbonyl (C=O) groups excluding carboxylic acids is 1. The minimum Gasteiger partial charge on any atom is -0.469 e. The van der Waals surface area contributed by atoms with Crippen molar-refractivity contribution in [2.45, 2.75) is 46.0 Å². The summed E-state index contributed by atoms with van der Waals surface area (Å²) in [5.41, 5.74) is 0. The number of hydrogen-bond acceptors (Lipinski definition) is 3. The lowest BCUT2D eigenvalue weighted by atomic mass is 9.99. The Balaban J connectivity index is 2.30. The van der Waals surface area contributed by atoms with Gasteiger partial charge in [-0.2, -0.15) is 0 Å². The SMILES string of the molecule is CCCCC(CC)CN1CCC(C(=O)OC)C1. The molecule has 1 rings (SSSR count). The van der Waals surface area contributed by atoms with E-state index < -0.39 is 0 Å². The third-order valence-corrected chi connectivity index (χ3v) is 3.87. The average molecular weight is 241 g/mol. The highest BCUT2D eigenvalue weighted by molar-refractivity contribution is 5.72. The molecule has 1 fully saturated rings. The zero-order valence-electron chi connectivity index (χ0n) is 11.6. The van der Waals surface area contributed by atoms with E-state index in [1.165, 1.54) is 32.8 Å². The van der Waals surface area contributed by atoms with Crippen LogP contribution in [0.2, 0.25) is 0 Å². The fraction of sp³-hybridized carbons (Fsp3) is 0.929. The Labute approximate surface area is 106 Å². The molecule has 2 atom stereocenters. The molecule has 3 heteroatoms. The molecule has 1 saturated heterocycles. The molecule has 1 heterocycles. The van der Waals surface area contributed by atoms with Gasteiger partial charge >= 0.3 is 5.97 Å². The Morgan fingerprint density at radius 1 is 1.47 bits per heavy atom. The number of ether oxygens (including phenoxy) is 1. The molecule has 2 unspecified atom stereocenters. The lowest BCUT2D eigenvalue weighted by Crippen LogP contribution is -2.29. The molecular weight excluding hydrogens is 214 g/mol. The smallest absolute Gasteiger partial charge is 0.310 e. The van der Waals surface area contributed by atoms with Gasteiger partial charge in [0.15, 0.2) is 0 Å². The Kier molecular flexibility index (Phi) is 6.56. The van der Waals surface area contributed by atoms with Crippen molar-refractivity contribution in [3.63, 3.8) is 0 Å². The molecule has 0 aliphatic carbocycles. The van der Waals surface area contributed by atoms with Crippen LogP contribution < -0.4 is 0 Å². The molecule has 0 amide bonds. The lowest BCUT2D eigenvalue weighted by Gasteiger charge is -2.22. The number of rotatable bonds is 7. The maximum atomic E-state index is 11.4. The Hall–Kier alpha value is -0.570. The number of likely N-dealkylation sites (tertiary alicyclic amines) is 1. The number of unbranched alkanes of at least 4 members (excludes halogenated alkanes) is 1. The summed E-state index contributed by atoms with van der Waals surface area (Å²) in [4.78, 5) is 13.9. The molecule has 100 valence electrons. The second-order valence-electron chi connectivity index (χ2n) is 5.18. The zero-order chi connectivity index (χ0) is 12.7. The molecule has 3 nitrogen and oxygen atoms in total. The van der Waals surface area contributed by atoms with E-state index in [9.17, 15) is 4.79 Å². The van der Waals surface area contributed by atoms with Crippen molar-refractivity contribution in [2.24, 2.45) is 11.8 Å². The third-order valence-electron chi connectivity index (χ3n) is 3.87. The summed E-state index contributed by atoms with van der Waals surface area (Å²) >= 11 is 0. The minimum atomic E-state index is -0.0332. The fourth-order valence-electron chi connectivity index (χ4n) is 2.64. The summed E-state index contributed by atoms with van der Waals surface area (Å²) in [6.07, 6.45) is 6.15. The van der Waals surface area contributed by atoms with Crippen LogP contribution in [0, 0.1) is 11.8 Å². The van der Waals surface area contributed by atoms with Crippen molar-refractivity contribution in [2.75, 3.05) is 26.7 Å². The zero-order valence-corrected chi connectivity index (χ0v) is 11.6. The monoisotopic (exact) mass is 241 g/mol. The maximum absolute atomic E-state index is 11.4. The first kappa shape index (κ1) is 14.5. The van der Waals surface area contributed by atoms with Gasteiger partial charge in [-0.1, -0.05) is 33.1 Å². The van der Waals surface area contributed by atoms with Gasteiger partial charge in [0, 0.05) is 13.1 Å². The van der Waals surface area contributed by atoms with Crippen molar-refractivity contribution < 1.29 is 9.53 Å². The molecule has 17 heavy (non-hydrogen) atoms. The molecule has 0 aromatic carbocycles. The van der Waals surface area contributed by atoms with Crippen LogP contribution in [-0.4, -0.2) is 37.6 Å². The summed E-state index contributed by atoms with van der Waals surface area (Å²) in [5, 5.41) is 0. The van der Waals surface area contributed by atoms with E-state index in [1.54, 1.807) is 0 Å². The van der Waals surface area contributed by atoms with Crippen molar-refractivity contribution in [1.82, 2.24) is 4.90 Å². The molecule has 0 N–H and O–H groups in total. The third kappa shape index (κ3) is 4.66. The summed E-state index contributed by atoms with van der Waals surface area (Å²) in [5.74, 6) is 0.879. The summed E-state index contributed by atoms with van der Waals surface area (Å²) < 4.78 is 4.81. The second kappa shape index (κ2) is 7.70. The minimum absolute atomic E-state index is 0.0332. The molecular formula is C14H27NO2. The fourth-order valence-corrected chi connectivity index (χ4v) is 2.64. The van der Waals surface area contributed by atoms with Crippen LogP contribution in [0.15, 0.2) is 0 Å². The highest BCUT2D eigenvalue weighted by Gasteiger charge is 2.29. The van der Waals surface area contributed by atoms with E-state index in [-0.39, 0.29) is 11.9 Å². The lowest BCUT2D eigenvalue weighted by molar-refractivity contribution is -0.144. The standard InChI is InChI=1S/C14H27NO2/c1-4-6-7-12(5-2)10-15-9-8-13(11-15)14(16)17-3/h12-13H,4-11H2,1-3H3. The van der Waals surface area contributed by atoms with E-state index in [0.717, 1.165) is 32.0 Å². The molecule has 0 radical (unpaired) electrons. The van der Waals surface area contributed by atoms with Crippen LogP contribution in [0.3, 0.4) is 0 Å². The van der Waals surface area contributed by atoms with Crippen LogP contribution in [0.5, 0.6) is 0 Å². The average Bonchev–Trinajstić information content (AvgIpc) is 2.81. The van der Waals surface area contributed by atoms with Crippen LogP contribution >= 0.6 is 0 Å². The predicted octanol–water partition coefficient (Wildman–Crippen LogP) is 2.70. The first-order valence-corrected chi connectivity index (χ1v) is 7.01.